The molecule has 0 saturated carbocycles. The lowest BCUT2D eigenvalue weighted by atomic mass is 10.2. The molecule has 4 rings (SSSR count). The first-order valence-corrected chi connectivity index (χ1v) is 9.28. The molecule has 144 valence electrons. The smallest absolute Gasteiger partial charge is 0.259 e. The average molecular weight is 378 g/mol. The third-order valence-electron chi connectivity index (χ3n) is 4.87. The van der Waals surface area contributed by atoms with Gasteiger partial charge in [0.25, 0.3) is 5.91 Å². The largest absolute Gasteiger partial charge is 0.336 e. The minimum atomic E-state index is -0.0559. The summed E-state index contributed by atoms with van der Waals surface area (Å²) in [5.41, 5.74) is 2.59. The van der Waals surface area contributed by atoms with E-state index in [1.54, 1.807) is 23.0 Å². The molecule has 1 saturated heterocycles. The van der Waals surface area contributed by atoms with Crippen molar-refractivity contribution in [3.8, 4) is 0 Å². The Kier molecular flexibility index (Phi) is 5.03. The second kappa shape index (κ2) is 7.77. The quantitative estimate of drug-likeness (QED) is 0.743. The van der Waals surface area contributed by atoms with Crippen molar-refractivity contribution in [3.63, 3.8) is 0 Å². The molecule has 28 heavy (non-hydrogen) atoms. The number of amides is 2. The van der Waals surface area contributed by atoms with E-state index in [0.717, 1.165) is 5.69 Å². The number of piperazine rings is 1. The molecule has 0 spiro atoms. The van der Waals surface area contributed by atoms with Crippen LogP contribution < -0.4 is 5.32 Å². The van der Waals surface area contributed by atoms with E-state index in [9.17, 15) is 9.59 Å². The Labute approximate surface area is 162 Å². The van der Waals surface area contributed by atoms with Crippen LogP contribution >= 0.6 is 0 Å². The molecule has 1 N–H and O–H groups in total. The van der Waals surface area contributed by atoms with Crippen molar-refractivity contribution >= 4 is 23.1 Å². The molecule has 0 unspecified atom stereocenters. The van der Waals surface area contributed by atoms with E-state index >= 15 is 0 Å². The molecule has 3 aromatic rings. The Morgan fingerprint density at radius 2 is 1.82 bits per heavy atom. The lowest BCUT2D eigenvalue weighted by molar-refractivity contribution is -0.117. The molecule has 0 atom stereocenters. The highest BCUT2D eigenvalue weighted by Gasteiger charge is 2.27. The van der Waals surface area contributed by atoms with Crippen LogP contribution in [0.3, 0.4) is 0 Å². The monoisotopic (exact) mass is 378 g/mol. The number of nitrogens with zero attached hydrogens (tertiary/aromatic N) is 5. The number of nitrogens with one attached hydrogen (secondary N) is 1. The number of aromatic nitrogens is 3. The highest BCUT2D eigenvalue weighted by atomic mass is 16.2. The molecule has 0 bridgehead atoms. The van der Waals surface area contributed by atoms with Gasteiger partial charge in [0.2, 0.25) is 5.91 Å². The third-order valence-corrected chi connectivity index (χ3v) is 4.87. The summed E-state index contributed by atoms with van der Waals surface area (Å²) < 4.78 is 1.63. The van der Waals surface area contributed by atoms with Gasteiger partial charge in [0.1, 0.15) is 5.56 Å². The summed E-state index contributed by atoms with van der Waals surface area (Å²) in [6, 6.07) is 11.2. The van der Waals surface area contributed by atoms with Crippen molar-refractivity contribution in [2.24, 2.45) is 0 Å². The van der Waals surface area contributed by atoms with E-state index in [0.29, 0.717) is 49.6 Å². The first-order valence-electron chi connectivity index (χ1n) is 9.28. The minimum Gasteiger partial charge on any atom is -0.336 e. The fourth-order valence-electron chi connectivity index (χ4n) is 3.44. The molecule has 8 nitrogen and oxygen atoms in total. The number of carbonyl (C=O) groups is 2. The molecule has 8 heteroatoms. The van der Waals surface area contributed by atoms with E-state index in [4.69, 9.17) is 0 Å². The van der Waals surface area contributed by atoms with Crippen LogP contribution in [0, 0.1) is 6.92 Å². The van der Waals surface area contributed by atoms with Crippen molar-refractivity contribution in [2.75, 3.05) is 38.0 Å². The highest BCUT2D eigenvalue weighted by Crippen LogP contribution is 2.17. The van der Waals surface area contributed by atoms with Crippen LogP contribution in [0.2, 0.25) is 0 Å². The van der Waals surface area contributed by atoms with Gasteiger partial charge in [-0.3, -0.25) is 14.5 Å². The van der Waals surface area contributed by atoms with Crippen LogP contribution in [0.4, 0.5) is 5.69 Å². The maximum Gasteiger partial charge on any atom is 0.259 e. The van der Waals surface area contributed by atoms with Crippen LogP contribution in [0.1, 0.15) is 16.1 Å². The molecule has 1 aromatic carbocycles. The molecule has 0 aliphatic carbocycles. The van der Waals surface area contributed by atoms with E-state index < -0.39 is 0 Å². The van der Waals surface area contributed by atoms with Gasteiger partial charge >= 0.3 is 0 Å². The topological polar surface area (TPSA) is 82.8 Å². The number of anilines is 1. The van der Waals surface area contributed by atoms with Crippen LogP contribution in [0.15, 0.2) is 48.8 Å². The second-order valence-corrected chi connectivity index (χ2v) is 6.83. The lowest BCUT2D eigenvalue weighted by Gasteiger charge is -2.34. The summed E-state index contributed by atoms with van der Waals surface area (Å²) in [6.45, 7) is 4.59. The van der Waals surface area contributed by atoms with Crippen LogP contribution in [0.25, 0.3) is 5.65 Å². The standard InChI is InChI=1S/C20H22N6O2/c1-15-18(19-21-8-5-9-26(19)23-15)20(28)25-12-10-24(11-13-25)14-17(27)22-16-6-3-2-4-7-16/h2-9H,10-14H2,1H3,(H,22,27). The highest BCUT2D eigenvalue weighted by molar-refractivity contribution is 6.01. The van der Waals surface area contributed by atoms with E-state index in [1.807, 2.05) is 42.2 Å². The first-order chi connectivity index (χ1) is 13.6. The summed E-state index contributed by atoms with van der Waals surface area (Å²) in [5.74, 6) is -0.103. The Bertz CT molecular complexity index is 992. The van der Waals surface area contributed by atoms with Crippen molar-refractivity contribution in [1.29, 1.82) is 0 Å². The van der Waals surface area contributed by atoms with Gasteiger partial charge in [-0.15, -0.1) is 0 Å². The fourth-order valence-corrected chi connectivity index (χ4v) is 3.44. The van der Waals surface area contributed by atoms with Gasteiger partial charge in [0, 0.05) is 44.3 Å². The molecular formula is C20H22N6O2. The maximum atomic E-state index is 13.0. The van der Waals surface area contributed by atoms with Gasteiger partial charge in [0.05, 0.1) is 12.2 Å². The zero-order valence-corrected chi connectivity index (χ0v) is 15.7. The Balaban J connectivity index is 1.35. The second-order valence-electron chi connectivity index (χ2n) is 6.83. The van der Waals surface area contributed by atoms with Crippen molar-refractivity contribution < 1.29 is 9.59 Å². The Morgan fingerprint density at radius 3 is 2.57 bits per heavy atom. The molecule has 3 heterocycles. The molecule has 2 amide bonds. The predicted octanol–water partition coefficient (Wildman–Crippen LogP) is 1.43. The van der Waals surface area contributed by atoms with Gasteiger partial charge in [-0.05, 0) is 25.1 Å². The lowest BCUT2D eigenvalue weighted by Crippen LogP contribution is -2.50. The Morgan fingerprint density at radius 1 is 1.07 bits per heavy atom. The van der Waals surface area contributed by atoms with Gasteiger partial charge in [-0.2, -0.15) is 5.10 Å². The average Bonchev–Trinajstić information content (AvgIpc) is 3.04. The third kappa shape index (κ3) is 3.72. The fraction of sp³-hybridized carbons (Fsp3) is 0.300. The van der Waals surface area contributed by atoms with Crippen molar-refractivity contribution in [3.05, 3.63) is 60.0 Å². The summed E-state index contributed by atoms with van der Waals surface area (Å²) in [5, 5.41) is 7.26. The van der Waals surface area contributed by atoms with Gasteiger partial charge < -0.3 is 10.2 Å². The number of benzene rings is 1. The number of aryl methyl sites for hydroxylation is 1. The summed E-state index contributed by atoms with van der Waals surface area (Å²) in [7, 11) is 0. The molecular weight excluding hydrogens is 356 g/mol. The van der Waals surface area contributed by atoms with Gasteiger partial charge in [-0.25, -0.2) is 9.50 Å². The van der Waals surface area contributed by atoms with Crippen LogP contribution in [-0.2, 0) is 4.79 Å². The number of fused-ring (bicyclic) bond motifs is 1. The molecule has 2 aromatic heterocycles. The molecule has 1 aliphatic rings. The number of para-hydroxylation sites is 1. The van der Waals surface area contributed by atoms with E-state index in [1.165, 1.54) is 0 Å². The maximum absolute atomic E-state index is 13.0. The van der Waals surface area contributed by atoms with Gasteiger partial charge in [0.15, 0.2) is 5.65 Å². The summed E-state index contributed by atoms with van der Waals surface area (Å²) in [4.78, 5) is 33.4. The van der Waals surface area contributed by atoms with Crippen molar-refractivity contribution in [2.45, 2.75) is 6.92 Å². The predicted molar refractivity (Wildman–Crippen MR) is 105 cm³/mol. The summed E-state index contributed by atoms with van der Waals surface area (Å²) in [6.07, 6.45) is 3.45. The zero-order valence-electron chi connectivity index (χ0n) is 15.7. The van der Waals surface area contributed by atoms with E-state index in [2.05, 4.69) is 20.3 Å². The molecule has 1 fully saturated rings. The normalized spacial score (nSPS) is 15.0. The minimum absolute atomic E-state index is 0.0475. The number of carbonyl (C=O) groups excluding carboxylic acids is 2. The summed E-state index contributed by atoms with van der Waals surface area (Å²) >= 11 is 0. The number of rotatable bonds is 4. The van der Waals surface area contributed by atoms with Crippen LogP contribution in [0.5, 0.6) is 0 Å². The number of hydrogen-bond acceptors (Lipinski definition) is 5. The van der Waals surface area contributed by atoms with Gasteiger partial charge in [-0.1, -0.05) is 18.2 Å². The molecule has 1 aliphatic heterocycles. The van der Waals surface area contributed by atoms with E-state index in [-0.39, 0.29) is 11.8 Å². The SMILES string of the molecule is Cc1nn2cccnc2c1C(=O)N1CCN(CC(=O)Nc2ccccc2)CC1. The van der Waals surface area contributed by atoms with Crippen LogP contribution in [-0.4, -0.2) is 68.9 Å². The number of hydrogen-bond donors (Lipinski definition) is 1. The Hall–Kier alpha value is -3.26. The molecule has 0 radical (unpaired) electrons. The van der Waals surface area contributed by atoms with Crippen molar-refractivity contribution in [1.82, 2.24) is 24.4 Å². The first kappa shape index (κ1) is 18.1. The zero-order chi connectivity index (χ0) is 19.5.